The molecule has 0 saturated carbocycles. The number of rotatable bonds is 8. The molecule has 2 aliphatic heterocycles. The molecule has 2 fully saturated rings. The standard InChI is InChI=1S/C34H34O7S/c35-27-13-7-23(8-14-27)26-21-30(24-9-15-28(16-10-24)40-32-5-1-3-19-38-32)34(42(36)37)31(22-26)25-11-17-29(18-12-25)41-33-6-2-4-20-39-33/h7-18,21-22,32-33,35H,1-6,19-20H2,(H,36,37)/p-1. The molecule has 0 spiro atoms. The van der Waals surface area contributed by atoms with Crippen LogP contribution in [-0.4, -0.2) is 39.7 Å². The molecule has 0 aromatic heterocycles. The van der Waals surface area contributed by atoms with Crippen molar-refractivity contribution < 1.29 is 32.8 Å². The van der Waals surface area contributed by atoms with E-state index in [4.69, 9.17) is 18.9 Å². The summed E-state index contributed by atoms with van der Waals surface area (Å²) in [5, 5.41) is 9.85. The second-order valence-electron chi connectivity index (χ2n) is 10.6. The highest BCUT2D eigenvalue weighted by Gasteiger charge is 2.19. The van der Waals surface area contributed by atoms with E-state index in [1.54, 1.807) is 12.1 Å². The molecular weight excluding hydrogens is 552 g/mol. The first kappa shape index (κ1) is 28.4. The quantitative estimate of drug-likeness (QED) is 0.215. The summed E-state index contributed by atoms with van der Waals surface area (Å²) in [4.78, 5) is 0.200. The Kier molecular flexibility index (Phi) is 8.86. The second kappa shape index (κ2) is 13.1. The Morgan fingerprint density at radius 2 is 1.10 bits per heavy atom. The summed E-state index contributed by atoms with van der Waals surface area (Å²) in [6.45, 7) is 1.38. The molecule has 4 aromatic rings. The molecule has 7 nitrogen and oxygen atoms in total. The van der Waals surface area contributed by atoms with Crippen molar-refractivity contribution in [3.8, 4) is 50.6 Å². The van der Waals surface area contributed by atoms with Gasteiger partial charge in [-0.2, -0.15) is 0 Å². The molecular formula is C34H33O7S-. The Labute approximate surface area is 248 Å². The van der Waals surface area contributed by atoms with Gasteiger partial charge in [-0.05, 0) is 119 Å². The molecule has 2 heterocycles. The van der Waals surface area contributed by atoms with Crippen LogP contribution in [0.3, 0.4) is 0 Å². The number of phenolic OH excluding ortho intramolecular Hbond substituents is 1. The Morgan fingerprint density at radius 3 is 1.50 bits per heavy atom. The average molecular weight is 586 g/mol. The Hall–Kier alpha value is -3.69. The molecule has 2 saturated heterocycles. The lowest BCUT2D eigenvalue weighted by Gasteiger charge is -2.24. The van der Waals surface area contributed by atoms with Crippen LogP contribution in [0.15, 0.2) is 89.8 Å². The van der Waals surface area contributed by atoms with E-state index in [0.29, 0.717) is 35.8 Å². The first-order valence-electron chi connectivity index (χ1n) is 14.4. The lowest BCUT2D eigenvalue weighted by atomic mass is 9.93. The number of hydrogen-bond acceptors (Lipinski definition) is 7. The van der Waals surface area contributed by atoms with E-state index >= 15 is 0 Å². The molecule has 4 aromatic carbocycles. The summed E-state index contributed by atoms with van der Waals surface area (Å²) in [5.41, 5.74) is 4.29. The summed E-state index contributed by atoms with van der Waals surface area (Å²) in [6.07, 6.45) is 5.36. The fraction of sp³-hybridized carbons (Fsp3) is 0.294. The zero-order chi connectivity index (χ0) is 28.9. The molecule has 42 heavy (non-hydrogen) atoms. The summed E-state index contributed by atoms with van der Waals surface area (Å²) in [5.74, 6) is 1.50. The zero-order valence-corrected chi connectivity index (χ0v) is 24.0. The minimum absolute atomic E-state index is 0.159. The first-order valence-corrected chi connectivity index (χ1v) is 15.4. The van der Waals surface area contributed by atoms with Gasteiger partial charge in [0.05, 0.1) is 13.2 Å². The summed E-state index contributed by atoms with van der Waals surface area (Å²) in [7, 11) is 0. The van der Waals surface area contributed by atoms with Crippen molar-refractivity contribution in [2.45, 2.75) is 56.0 Å². The molecule has 8 heteroatoms. The molecule has 3 unspecified atom stereocenters. The molecule has 0 bridgehead atoms. The fourth-order valence-electron chi connectivity index (χ4n) is 5.40. The van der Waals surface area contributed by atoms with Gasteiger partial charge in [-0.3, -0.25) is 4.21 Å². The van der Waals surface area contributed by atoms with Crippen LogP contribution in [0.2, 0.25) is 0 Å². The number of aromatic hydroxyl groups is 1. The van der Waals surface area contributed by atoms with Crippen LogP contribution >= 0.6 is 0 Å². The normalized spacial score (nSPS) is 19.6. The summed E-state index contributed by atoms with van der Waals surface area (Å²) >= 11 is -2.54. The van der Waals surface area contributed by atoms with Crippen LogP contribution in [-0.2, 0) is 20.6 Å². The number of phenols is 1. The maximum Gasteiger partial charge on any atom is 0.199 e. The third kappa shape index (κ3) is 6.68. The van der Waals surface area contributed by atoms with E-state index in [1.165, 1.54) is 0 Å². The van der Waals surface area contributed by atoms with Gasteiger partial charge < -0.3 is 28.6 Å². The van der Waals surface area contributed by atoms with E-state index in [0.717, 1.165) is 60.8 Å². The Balaban J connectivity index is 1.38. The van der Waals surface area contributed by atoms with Crippen molar-refractivity contribution in [2.24, 2.45) is 0 Å². The highest BCUT2D eigenvalue weighted by atomic mass is 32.2. The minimum atomic E-state index is -2.54. The molecule has 2 aliphatic rings. The van der Waals surface area contributed by atoms with Gasteiger partial charge in [0, 0.05) is 17.7 Å². The van der Waals surface area contributed by atoms with Gasteiger partial charge in [0.25, 0.3) is 0 Å². The van der Waals surface area contributed by atoms with E-state index in [-0.39, 0.29) is 23.2 Å². The van der Waals surface area contributed by atoms with Gasteiger partial charge in [-0.15, -0.1) is 0 Å². The highest BCUT2D eigenvalue weighted by molar-refractivity contribution is 7.79. The molecule has 6 rings (SSSR count). The van der Waals surface area contributed by atoms with Crippen molar-refractivity contribution in [3.63, 3.8) is 0 Å². The zero-order valence-electron chi connectivity index (χ0n) is 23.2. The van der Waals surface area contributed by atoms with Crippen LogP contribution in [0, 0.1) is 0 Å². The predicted molar refractivity (Wildman–Crippen MR) is 160 cm³/mol. The molecule has 3 atom stereocenters. The van der Waals surface area contributed by atoms with Crippen molar-refractivity contribution in [1.82, 2.24) is 0 Å². The first-order chi connectivity index (χ1) is 20.5. The largest absolute Gasteiger partial charge is 0.768 e. The smallest absolute Gasteiger partial charge is 0.199 e. The molecule has 1 N–H and O–H groups in total. The van der Waals surface area contributed by atoms with E-state index < -0.39 is 11.1 Å². The van der Waals surface area contributed by atoms with E-state index in [1.807, 2.05) is 72.8 Å². The van der Waals surface area contributed by atoms with Gasteiger partial charge in [0.1, 0.15) is 17.2 Å². The van der Waals surface area contributed by atoms with Gasteiger partial charge >= 0.3 is 0 Å². The third-order valence-electron chi connectivity index (χ3n) is 7.60. The van der Waals surface area contributed by atoms with Crippen molar-refractivity contribution >= 4 is 11.1 Å². The predicted octanol–water partition coefficient (Wildman–Crippen LogP) is 7.44. The van der Waals surface area contributed by atoms with E-state index in [2.05, 4.69) is 0 Å². The summed E-state index contributed by atoms with van der Waals surface area (Å²) in [6, 6.07) is 25.5. The van der Waals surface area contributed by atoms with Gasteiger partial charge in [-0.25, -0.2) is 0 Å². The molecule has 0 aliphatic carbocycles. The number of hydrogen-bond donors (Lipinski definition) is 1. The third-order valence-corrected chi connectivity index (χ3v) is 8.37. The van der Waals surface area contributed by atoms with Gasteiger partial charge in [-0.1, -0.05) is 36.4 Å². The highest BCUT2D eigenvalue weighted by Crippen LogP contribution is 2.40. The Bertz CT molecular complexity index is 1420. The maximum atomic E-state index is 12.8. The van der Waals surface area contributed by atoms with Crippen LogP contribution in [0.25, 0.3) is 33.4 Å². The molecule has 0 radical (unpaired) electrons. The van der Waals surface area contributed by atoms with Crippen molar-refractivity contribution in [3.05, 3.63) is 84.9 Å². The lowest BCUT2D eigenvalue weighted by Crippen LogP contribution is -2.24. The van der Waals surface area contributed by atoms with Crippen LogP contribution in [0.4, 0.5) is 0 Å². The second-order valence-corrected chi connectivity index (χ2v) is 11.4. The van der Waals surface area contributed by atoms with Crippen molar-refractivity contribution in [1.29, 1.82) is 0 Å². The van der Waals surface area contributed by atoms with E-state index in [9.17, 15) is 13.9 Å². The topological polar surface area (TPSA) is 97.3 Å². The minimum Gasteiger partial charge on any atom is -0.768 e. The number of ether oxygens (including phenoxy) is 4. The summed E-state index contributed by atoms with van der Waals surface area (Å²) < 4.78 is 49.0. The van der Waals surface area contributed by atoms with Crippen LogP contribution in [0.1, 0.15) is 38.5 Å². The average Bonchev–Trinajstić information content (AvgIpc) is 3.02. The SMILES string of the molecule is O=S([O-])c1c(-c2ccc(OC3CCCCO3)cc2)cc(-c2ccc(O)cc2)cc1-c1ccc(OC2CCCCO2)cc1. The van der Waals surface area contributed by atoms with Gasteiger partial charge in [0.15, 0.2) is 12.6 Å². The van der Waals surface area contributed by atoms with Gasteiger partial charge in [0.2, 0.25) is 0 Å². The fourth-order valence-corrected chi connectivity index (χ4v) is 6.11. The van der Waals surface area contributed by atoms with Crippen LogP contribution < -0.4 is 9.47 Å². The Morgan fingerprint density at radius 1 is 0.643 bits per heavy atom. The van der Waals surface area contributed by atoms with Crippen LogP contribution in [0.5, 0.6) is 17.2 Å². The lowest BCUT2D eigenvalue weighted by molar-refractivity contribution is -0.106. The van der Waals surface area contributed by atoms with Crippen molar-refractivity contribution in [2.75, 3.05) is 13.2 Å². The molecule has 218 valence electrons. The number of benzene rings is 4. The monoisotopic (exact) mass is 585 g/mol. The molecule has 0 amide bonds. The maximum absolute atomic E-state index is 12.8.